The fourth-order valence-corrected chi connectivity index (χ4v) is 9.87. The zero-order valence-electron chi connectivity index (χ0n) is 33.5. The van der Waals surface area contributed by atoms with Gasteiger partial charge < -0.3 is 9.13 Å². The second kappa shape index (κ2) is 13.2. The van der Waals surface area contributed by atoms with Crippen LogP contribution in [-0.4, -0.2) is 24.1 Å². The monoisotopic (exact) mass is 780 g/mol. The van der Waals surface area contributed by atoms with Gasteiger partial charge in [0.05, 0.1) is 33.7 Å². The molecule has 0 radical (unpaired) electrons. The fourth-order valence-electron chi connectivity index (χ4n) is 9.87. The third-order valence-electron chi connectivity index (χ3n) is 12.6. The first-order chi connectivity index (χ1) is 30.0. The lowest BCUT2D eigenvalue weighted by Gasteiger charge is -2.24. The number of para-hydroxylation sites is 3. The van der Waals surface area contributed by atoms with E-state index in [4.69, 9.17) is 15.0 Å². The van der Waals surface area contributed by atoms with Gasteiger partial charge in [0, 0.05) is 60.6 Å². The summed E-state index contributed by atoms with van der Waals surface area (Å²) in [5.74, 6) is 1.72. The molecule has 0 unspecified atom stereocenters. The molecular formula is C55H36N6. The fraction of sp³-hybridized carbons (Fsp3) is 0.0545. The van der Waals surface area contributed by atoms with E-state index >= 15 is 0 Å². The lowest BCUT2D eigenvalue weighted by Crippen LogP contribution is -2.16. The third-order valence-corrected chi connectivity index (χ3v) is 12.6. The third kappa shape index (κ3) is 5.11. The van der Waals surface area contributed by atoms with Gasteiger partial charge in [-0.2, -0.15) is 5.26 Å². The molecule has 11 aromatic rings. The maximum Gasteiger partial charge on any atom is 0.164 e. The van der Waals surface area contributed by atoms with Crippen LogP contribution in [-0.2, 0) is 5.41 Å². The maximum atomic E-state index is 9.44. The van der Waals surface area contributed by atoms with E-state index in [-0.39, 0.29) is 5.41 Å². The molecule has 12 rings (SSSR count). The Labute approximate surface area is 352 Å². The van der Waals surface area contributed by atoms with E-state index in [1.165, 1.54) is 60.3 Å². The van der Waals surface area contributed by atoms with Crippen molar-refractivity contribution in [2.75, 3.05) is 0 Å². The van der Waals surface area contributed by atoms with Gasteiger partial charge in [-0.1, -0.05) is 123 Å². The first-order valence-electron chi connectivity index (χ1n) is 20.6. The van der Waals surface area contributed by atoms with Crippen LogP contribution in [0.15, 0.2) is 182 Å². The van der Waals surface area contributed by atoms with E-state index in [9.17, 15) is 5.26 Å². The molecule has 1 aliphatic carbocycles. The number of fused-ring (bicyclic) bond motifs is 12. The van der Waals surface area contributed by atoms with E-state index < -0.39 is 0 Å². The summed E-state index contributed by atoms with van der Waals surface area (Å²) in [5.41, 5.74) is 15.1. The molecule has 0 N–H and O–H groups in total. The van der Waals surface area contributed by atoms with Gasteiger partial charge in [0.15, 0.2) is 17.5 Å². The summed E-state index contributed by atoms with van der Waals surface area (Å²) in [6.45, 7) is 4.78. The van der Waals surface area contributed by atoms with Gasteiger partial charge in [0.25, 0.3) is 0 Å². The topological polar surface area (TPSA) is 72.3 Å². The van der Waals surface area contributed by atoms with Gasteiger partial charge in [-0.05, 0) is 89.5 Å². The minimum atomic E-state index is -0.286. The molecule has 3 heterocycles. The Morgan fingerprint density at radius 1 is 0.459 bits per heavy atom. The van der Waals surface area contributed by atoms with Gasteiger partial charge in [-0.3, -0.25) is 0 Å². The highest BCUT2D eigenvalue weighted by Crippen LogP contribution is 2.58. The number of aromatic nitrogens is 5. The molecule has 1 aliphatic rings. The molecule has 8 aromatic carbocycles. The van der Waals surface area contributed by atoms with Crippen LogP contribution in [0.25, 0.3) is 100 Å². The van der Waals surface area contributed by atoms with Crippen LogP contribution in [0.3, 0.4) is 0 Å². The van der Waals surface area contributed by atoms with Crippen molar-refractivity contribution in [3.05, 3.63) is 199 Å². The number of benzene rings is 8. The second-order valence-electron chi connectivity index (χ2n) is 16.3. The minimum absolute atomic E-state index is 0.286. The molecule has 6 nitrogen and oxygen atoms in total. The summed E-state index contributed by atoms with van der Waals surface area (Å²) in [6, 6.07) is 65.8. The summed E-state index contributed by atoms with van der Waals surface area (Å²) >= 11 is 0. The molecule has 0 amide bonds. The van der Waals surface area contributed by atoms with Gasteiger partial charge in [-0.25, -0.2) is 15.0 Å². The van der Waals surface area contributed by atoms with E-state index in [1.807, 2.05) is 42.5 Å². The van der Waals surface area contributed by atoms with Gasteiger partial charge >= 0.3 is 0 Å². The first kappa shape index (κ1) is 34.9. The summed E-state index contributed by atoms with van der Waals surface area (Å²) in [7, 11) is 0. The second-order valence-corrected chi connectivity index (χ2v) is 16.3. The zero-order valence-corrected chi connectivity index (χ0v) is 33.5. The molecule has 0 aliphatic heterocycles. The number of hydrogen-bond acceptors (Lipinski definition) is 4. The van der Waals surface area contributed by atoms with Crippen molar-refractivity contribution in [2.45, 2.75) is 19.3 Å². The van der Waals surface area contributed by atoms with Gasteiger partial charge in [0.2, 0.25) is 0 Å². The Morgan fingerprint density at radius 2 is 0.918 bits per heavy atom. The molecule has 0 spiro atoms. The average molecular weight is 781 g/mol. The molecule has 0 atom stereocenters. The number of nitrogens with zero attached hydrogens (tertiary/aromatic N) is 6. The molecular weight excluding hydrogens is 745 g/mol. The smallest absolute Gasteiger partial charge is 0.164 e. The van der Waals surface area contributed by atoms with Crippen molar-refractivity contribution in [3.63, 3.8) is 0 Å². The molecule has 0 saturated heterocycles. The molecule has 61 heavy (non-hydrogen) atoms. The standard InChI is InChI=1S/C55H36N6/c1-55(2)43-22-12-9-19-40(43)48-49(55)51-47(42-21-11-14-24-45(42)61(51)38-17-7-4-8-18-38)46-41-20-10-13-23-44(41)60(50(46)48)39-31-29-37(30-32-39)54-58-52(35-15-5-3-6-16-35)57-53(59-54)36-27-25-34(33-56)26-28-36/h3-32H,1-2H3. The lowest BCUT2D eigenvalue weighted by atomic mass is 9.81. The number of rotatable bonds is 5. The Balaban J connectivity index is 1.15. The average Bonchev–Trinajstić information content (AvgIpc) is 3.93. The van der Waals surface area contributed by atoms with Crippen molar-refractivity contribution in [3.8, 4) is 62.7 Å². The highest BCUT2D eigenvalue weighted by molar-refractivity contribution is 6.33. The predicted molar refractivity (Wildman–Crippen MR) is 247 cm³/mol. The predicted octanol–water partition coefficient (Wildman–Crippen LogP) is 13.2. The zero-order chi connectivity index (χ0) is 40.8. The molecule has 286 valence electrons. The highest BCUT2D eigenvalue weighted by atomic mass is 15.0. The molecule has 0 saturated carbocycles. The van der Waals surface area contributed by atoms with Crippen molar-refractivity contribution in [1.82, 2.24) is 24.1 Å². The van der Waals surface area contributed by atoms with E-state index in [1.54, 1.807) is 12.1 Å². The Hall–Kier alpha value is -8.14. The molecule has 0 bridgehead atoms. The van der Waals surface area contributed by atoms with Crippen LogP contribution >= 0.6 is 0 Å². The quantitative estimate of drug-likeness (QED) is 0.174. The molecule has 0 fully saturated rings. The van der Waals surface area contributed by atoms with Crippen LogP contribution in [0.1, 0.15) is 30.5 Å². The highest BCUT2D eigenvalue weighted by Gasteiger charge is 2.41. The maximum absolute atomic E-state index is 9.44. The minimum Gasteiger partial charge on any atom is -0.309 e. The Morgan fingerprint density at radius 3 is 1.52 bits per heavy atom. The van der Waals surface area contributed by atoms with Crippen molar-refractivity contribution >= 4 is 43.6 Å². The summed E-state index contributed by atoms with van der Waals surface area (Å²) < 4.78 is 4.98. The number of hydrogen-bond donors (Lipinski definition) is 0. The largest absolute Gasteiger partial charge is 0.309 e. The lowest BCUT2D eigenvalue weighted by molar-refractivity contribution is 0.664. The van der Waals surface area contributed by atoms with Crippen LogP contribution in [0, 0.1) is 11.3 Å². The summed E-state index contributed by atoms with van der Waals surface area (Å²) in [6.07, 6.45) is 0. The van der Waals surface area contributed by atoms with Crippen LogP contribution in [0.5, 0.6) is 0 Å². The Kier molecular flexibility index (Phi) is 7.54. The van der Waals surface area contributed by atoms with E-state index in [0.29, 0.717) is 23.0 Å². The van der Waals surface area contributed by atoms with E-state index in [0.717, 1.165) is 33.6 Å². The van der Waals surface area contributed by atoms with E-state index in [2.05, 4.69) is 156 Å². The summed E-state index contributed by atoms with van der Waals surface area (Å²) in [5, 5.41) is 14.4. The van der Waals surface area contributed by atoms with Crippen molar-refractivity contribution in [2.24, 2.45) is 0 Å². The van der Waals surface area contributed by atoms with Crippen molar-refractivity contribution < 1.29 is 0 Å². The normalized spacial score (nSPS) is 12.9. The van der Waals surface area contributed by atoms with Crippen molar-refractivity contribution in [1.29, 1.82) is 5.26 Å². The van der Waals surface area contributed by atoms with Gasteiger partial charge in [-0.15, -0.1) is 0 Å². The van der Waals surface area contributed by atoms with Crippen LogP contribution in [0.2, 0.25) is 0 Å². The Bertz CT molecular complexity index is 3590. The van der Waals surface area contributed by atoms with Crippen LogP contribution < -0.4 is 0 Å². The van der Waals surface area contributed by atoms with Gasteiger partial charge in [0.1, 0.15) is 0 Å². The summed E-state index contributed by atoms with van der Waals surface area (Å²) in [4.78, 5) is 14.9. The number of nitriles is 1. The van der Waals surface area contributed by atoms with Crippen LogP contribution in [0.4, 0.5) is 0 Å². The first-order valence-corrected chi connectivity index (χ1v) is 20.6. The molecule has 3 aromatic heterocycles. The SMILES string of the molecule is CC1(C)c2ccccc2-c2c1c1c(c3ccccc3n1-c1ccccc1)c1c3ccccc3n(-c3ccc(-c4nc(-c5ccccc5)nc(-c5ccc(C#N)cc5)n4)cc3)c21. The molecule has 6 heteroatoms.